The Hall–Kier alpha value is -2.54. The molecule has 0 atom stereocenters. The van der Waals surface area contributed by atoms with Gasteiger partial charge in [0.1, 0.15) is 17.6 Å². The Kier molecular flexibility index (Phi) is 2.81. The van der Waals surface area contributed by atoms with Crippen LogP contribution in [0, 0.1) is 11.3 Å². The number of fused-ring (bicyclic) bond motifs is 1. The average molecular weight is 250 g/mol. The first-order chi connectivity index (χ1) is 9.28. The number of nitrogens with two attached hydrogens (primary N) is 1. The number of nitrogen functional groups attached to an aromatic ring is 1. The highest BCUT2D eigenvalue weighted by Gasteiger charge is 2.18. The molecule has 19 heavy (non-hydrogen) atoms. The Labute approximate surface area is 112 Å². The Bertz CT molecular complexity index is 657. The normalized spacial score (nSPS) is 13.7. The maximum absolute atomic E-state index is 8.91. The summed E-state index contributed by atoms with van der Waals surface area (Å²) < 4.78 is 0. The number of nitriles is 1. The molecule has 0 unspecified atom stereocenters. The smallest absolute Gasteiger partial charge is 0.142 e. The van der Waals surface area contributed by atoms with E-state index in [0.717, 1.165) is 31.0 Å². The van der Waals surface area contributed by atoms with Crippen LogP contribution < -0.4 is 10.6 Å². The molecule has 2 N–H and O–H groups in total. The molecule has 1 aliphatic heterocycles. The maximum atomic E-state index is 8.91. The predicted octanol–water partition coefficient (Wildman–Crippen LogP) is 2.10. The van der Waals surface area contributed by atoms with E-state index >= 15 is 0 Å². The molecule has 0 spiro atoms. The highest BCUT2D eigenvalue weighted by Crippen LogP contribution is 2.26. The summed E-state index contributed by atoms with van der Waals surface area (Å²) in [5.41, 5.74) is 9.81. The summed E-state index contributed by atoms with van der Waals surface area (Å²) in [6.45, 7) is 1.67. The zero-order valence-electron chi connectivity index (χ0n) is 10.5. The van der Waals surface area contributed by atoms with Gasteiger partial charge in [0, 0.05) is 18.8 Å². The molecule has 4 nitrogen and oxygen atoms in total. The van der Waals surface area contributed by atoms with E-state index in [1.54, 1.807) is 6.07 Å². The van der Waals surface area contributed by atoms with Gasteiger partial charge in [-0.25, -0.2) is 4.98 Å². The van der Waals surface area contributed by atoms with E-state index in [-0.39, 0.29) is 0 Å². The van der Waals surface area contributed by atoms with E-state index in [0.29, 0.717) is 5.69 Å². The molecule has 94 valence electrons. The molecular formula is C15H14N4. The van der Waals surface area contributed by atoms with Crippen molar-refractivity contribution in [1.29, 1.82) is 5.26 Å². The maximum Gasteiger partial charge on any atom is 0.142 e. The Morgan fingerprint density at radius 2 is 2.05 bits per heavy atom. The largest absolute Gasteiger partial charge is 0.398 e. The Morgan fingerprint density at radius 1 is 1.21 bits per heavy atom. The number of anilines is 2. The summed E-state index contributed by atoms with van der Waals surface area (Å²) in [5, 5.41) is 8.91. The Morgan fingerprint density at radius 3 is 2.89 bits per heavy atom. The number of hydrogen-bond acceptors (Lipinski definition) is 4. The second-order valence-electron chi connectivity index (χ2n) is 4.65. The van der Waals surface area contributed by atoms with Gasteiger partial charge in [-0.3, -0.25) is 0 Å². The van der Waals surface area contributed by atoms with Crippen molar-refractivity contribution < 1.29 is 0 Å². The van der Waals surface area contributed by atoms with Crippen molar-refractivity contribution in [3.05, 3.63) is 53.2 Å². The summed E-state index contributed by atoms with van der Waals surface area (Å²) in [6, 6.07) is 13.6. The van der Waals surface area contributed by atoms with Gasteiger partial charge in [0.25, 0.3) is 0 Å². The molecule has 0 saturated heterocycles. The van der Waals surface area contributed by atoms with Gasteiger partial charge in [-0.1, -0.05) is 18.2 Å². The Balaban J connectivity index is 1.92. The van der Waals surface area contributed by atoms with Crippen molar-refractivity contribution in [2.24, 2.45) is 0 Å². The van der Waals surface area contributed by atoms with Crippen LogP contribution in [0.1, 0.15) is 16.8 Å². The van der Waals surface area contributed by atoms with Crippen LogP contribution in [0.4, 0.5) is 11.5 Å². The molecule has 2 aromatic rings. The molecule has 0 saturated carbocycles. The van der Waals surface area contributed by atoms with Gasteiger partial charge in [0.2, 0.25) is 0 Å². The van der Waals surface area contributed by atoms with Crippen LogP contribution in [0.5, 0.6) is 0 Å². The van der Waals surface area contributed by atoms with Crippen LogP contribution in [0.3, 0.4) is 0 Å². The fourth-order valence-corrected chi connectivity index (χ4v) is 2.50. The van der Waals surface area contributed by atoms with Gasteiger partial charge in [0.05, 0.1) is 0 Å². The third kappa shape index (κ3) is 2.11. The average Bonchev–Trinajstić information content (AvgIpc) is 2.47. The van der Waals surface area contributed by atoms with E-state index in [2.05, 4.69) is 22.0 Å². The molecule has 1 aromatic heterocycles. The van der Waals surface area contributed by atoms with E-state index in [1.165, 1.54) is 11.1 Å². The van der Waals surface area contributed by atoms with Crippen LogP contribution in [0.2, 0.25) is 0 Å². The lowest BCUT2D eigenvalue weighted by Gasteiger charge is -2.30. The van der Waals surface area contributed by atoms with Gasteiger partial charge in [-0.15, -0.1) is 0 Å². The number of nitrogens with zero attached hydrogens (tertiary/aromatic N) is 3. The monoisotopic (exact) mass is 250 g/mol. The number of aromatic nitrogens is 1. The zero-order valence-corrected chi connectivity index (χ0v) is 10.5. The molecule has 4 heteroatoms. The number of hydrogen-bond donors (Lipinski definition) is 1. The van der Waals surface area contributed by atoms with Crippen LogP contribution >= 0.6 is 0 Å². The van der Waals surface area contributed by atoms with Crippen molar-refractivity contribution in [3.63, 3.8) is 0 Å². The summed E-state index contributed by atoms with van der Waals surface area (Å²) in [6.07, 6.45) is 0.917. The minimum atomic E-state index is 0.455. The quantitative estimate of drug-likeness (QED) is 0.787. The highest BCUT2D eigenvalue weighted by atomic mass is 15.2. The number of pyridine rings is 1. The van der Waals surface area contributed by atoms with Gasteiger partial charge in [-0.05, 0) is 35.7 Å². The molecule has 0 bridgehead atoms. The SMILES string of the molecule is N#Cc1cccc(N2CCc3c(N)cccc3C2)n1. The second-order valence-corrected chi connectivity index (χ2v) is 4.65. The van der Waals surface area contributed by atoms with Crippen molar-refractivity contribution >= 4 is 11.5 Å². The van der Waals surface area contributed by atoms with E-state index in [1.807, 2.05) is 24.3 Å². The van der Waals surface area contributed by atoms with E-state index < -0.39 is 0 Å². The van der Waals surface area contributed by atoms with Crippen molar-refractivity contribution in [1.82, 2.24) is 4.98 Å². The van der Waals surface area contributed by atoms with Gasteiger partial charge in [0.15, 0.2) is 0 Å². The molecule has 0 amide bonds. The van der Waals surface area contributed by atoms with Crippen molar-refractivity contribution in [2.45, 2.75) is 13.0 Å². The summed E-state index contributed by atoms with van der Waals surface area (Å²) >= 11 is 0. The minimum Gasteiger partial charge on any atom is -0.398 e. The van der Waals surface area contributed by atoms with Crippen LogP contribution in [-0.2, 0) is 13.0 Å². The fourth-order valence-electron chi connectivity index (χ4n) is 2.50. The molecule has 0 radical (unpaired) electrons. The van der Waals surface area contributed by atoms with Gasteiger partial charge < -0.3 is 10.6 Å². The van der Waals surface area contributed by atoms with Crippen LogP contribution in [-0.4, -0.2) is 11.5 Å². The lowest BCUT2D eigenvalue weighted by Crippen LogP contribution is -2.31. The molecule has 3 rings (SSSR count). The van der Waals surface area contributed by atoms with E-state index in [9.17, 15) is 0 Å². The molecule has 0 aliphatic carbocycles. The summed E-state index contributed by atoms with van der Waals surface area (Å²) in [5.74, 6) is 0.854. The first-order valence-electron chi connectivity index (χ1n) is 6.26. The third-order valence-electron chi connectivity index (χ3n) is 3.48. The van der Waals surface area contributed by atoms with Crippen molar-refractivity contribution in [3.8, 4) is 6.07 Å². The molecular weight excluding hydrogens is 236 g/mol. The number of benzene rings is 1. The van der Waals surface area contributed by atoms with Crippen molar-refractivity contribution in [2.75, 3.05) is 17.2 Å². The van der Waals surface area contributed by atoms with Gasteiger partial charge in [-0.2, -0.15) is 5.26 Å². The van der Waals surface area contributed by atoms with Crippen LogP contribution in [0.25, 0.3) is 0 Å². The summed E-state index contributed by atoms with van der Waals surface area (Å²) in [7, 11) is 0. The second kappa shape index (κ2) is 4.62. The zero-order chi connectivity index (χ0) is 13.2. The molecule has 2 heterocycles. The number of rotatable bonds is 1. The fraction of sp³-hybridized carbons (Fsp3) is 0.200. The molecule has 0 fully saturated rings. The standard InChI is InChI=1S/C15H14N4/c16-9-12-4-2-6-15(18-12)19-8-7-13-11(10-19)3-1-5-14(13)17/h1-6H,7-8,10,17H2. The third-order valence-corrected chi connectivity index (χ3v) is 3.48. The highest BCUT2D eigenvalue weighted by molar-refractivity contribution is 5.55. The molecule has 1 aliphatic rings. The van der Waals surface area contributed by atoms with Gasteiger partial charge >= 0.3 is 0 Å². The summed E-state index contributed by atoms with van der Waals surface area (Å²) in [4.78, 5) is 6.53. The predicted molar refractivity (Wildman–Crippen MR) is 74.6 cm³/mol. The lowest BCUT2D eigenvalue weighted by molar-refractivity contribution is 0.722. The minimum absolute atomic E-state index is 0.455. The van der Waals surface area contributed by atoms with Crippen LogP contribution in [0.15, 0.2) is 36.4 Å². The first-order valence-corrected chi connectivity index (χ1v) is 6.26. The topological polar surface area (TPSA) is 65.9 Å². The lowest BCUT2D eigenvalue weighted by atomic mass is 9.98. The van der Waals surface area contributed by atoms with E-state index in [4.69, 9.17) is 11.0 Å². The first kappa shape index (κ1) is 11.5. The molecule has 1 aromatic carbocycles.